The van der Waals surface area contributed by atoms with E-state index in [1.165, 1.54) is 12.1 Å². The van der Waals surface area contributed by atoms with Gasteiger partial charge in [0.2, 0.25) is 0 Å². The molecule has 1 atom stereocenters. The molecule has 0 aliphatic heterocycles. The van der Waals surface area contributed by atoms with Gasteiger partial charge < -0.3 is 15.5 Å². The van der Waals surface area contributed by atoms with Gasteiger partial charge in [-0.3, -0.25) is 4.98 Å². The molecule has 0 saturated carbocycles. The van der Waals surface area contributed by atoms with Crippen molar-refractivity contribution in [3.8, 4) is 5.75 Å². The van der Waals surface area contributed by atoms with Crippen molar-refractivity contribution in [3.63, 3.8) is 0 Å². The van der Waals surface area contributed by atoms with Crippen LogP contribution in [0.4, 0.5) is 4.39 Å². The van der Waals surface area contributed by atoms with Crippen molar-refractivity contribution >= 4 is 0 Å². The molecule has 1 unspecified atom stereocenters. The summed E-state index contributed by atoms with van der Waals surface area (Å²) < 4.78 is 12.9. The second-order valence-corrected chi connectivity index (χ2v) is 5.30. The van der Waals surface area contributed by atoms with Gasteiger partial charge in [0.05, 0.1) is 11.3 Å². The van der Waals surface area contributed by atoms with Gasteiger partial charge >= 0.3 is 0 Å². The number of halogens is 1. The van der Waals surface area contributed by atoms with E-state index in [4.69, 9.17) is 0 Å². The molecule has 1 aromatic carbocycles. The standard InChI is InChI=1S/C16H19FN2O2/c1-11-3-8-15(20)14(19-11)9-18-10-16(2,21)12-4-6-13(17)7-5-12/h3-8,18,20-21H,9-10H2,1-2H3. The van der Waals surface area contributed by atoms with Gasteiger partial charge in [-0.25, -0.2) is 4.39 Å². The lowest BCUT2D eigenvalue weighted by molar-refractivity contribution is 0.0564. The number of nitrogens with zero attached hydrogens (tertiary/aromatic N) is 1. The summed E-state index contributed by atoms with van der Waals surface area (Å²) in [4.78, 5) is 4.23. The normalized spacial score (nSPS) is 13.9. The predicted octanol–water partition coefficient (Wildman–Crippen LogP) is 2.23. The van der Waals surface area contributed by atoms with Gasteiger partial charge in [-0.15, -0.1) is 0 Å². The molecular weight excluding hydrogens is 271 g/mol. The highest BCUT2D eigenvalue weighted by Crippen LogP contribution is 2.20. The number of hydrogen-bond acceptors (Lipinski definition) is 4. The monoisotopic (exact) mass is 290 g/mol. The number of nitrogens with one attached hydrogen (secondary N) is 1. The maximum Gasteiger partial charge on any atom is 0.138 e. The van der Waals surface area contributed by atoms with Crippen LogP contribution in [0.5, 0.6) is 5.75 Å². The van der Waals surface area contributed by atoms with E-state index in [1.807, 2.05) is 6.92 Å². The van der Waals surface area contributed by atoms with Crippen LogP contribution in [0.2, 0.25) is 0 Å². The summed E-state index contributed by atoms with van der Waals surface area (Å²) in [5.41, 5.74) is 0.838. The summed E-state index contributed by atoms with van der Waals surface area (Å²) in [5.74, 6) is -0.217. The van der Waals surface area contributed by atoms with Crippen LogP contribution in [0.15, 0.2) is 36.4 Å². The highest BCUT2D eigenvalue weighted by molar-refractivity contribution is 5.27. The first kappa shape index (κ1) is 15.4. The molecule has 3 N–H and O–H groups in total. The van der Waals surface area contributed by atoms with Crippen molar-refractivity contribution in [2.24, 2.45) is 0 Å². The minimum atomic E-state index is -1.13. The molecule has 5 heteroatoms. The molecule has 112 valence electrons. The molecular formula is C16H19FN2O2. The molecule has 2 rings (SSSR count). The van der Waals surface area contributed by atoms with Gasteiger partial charge in [-0.2, -0.15) is 0 Å². The van der Waals surface area contributed by atoms with Crippen LogP contribution in [0.1, 0.15) is 23.9 Å². The van der Waals surface area contributed by atoms with Crippen molar-refractivity contribution < 1.29 is 14.6 Å². The smallest absolute Gasteiger partial charge is 0.138 e. The Kier molecular flexibility index (Phi) is 4.55. The lowest BCUT2D eigenvalue weighted by atomic mass is 9.96. The predicted molar refractivity (Wildman–Crippen MR) is 78.3 cm³/mol. The first-order valence-corrected chi connectivity index (χ1v) is 6.73. The van der Waals surface area contributed by atoms with E-state index >= 15 is 0 Å². The van der Waals surface area contributed by atoms with Gasteiger partial charge in [-0.05, 0) is 43.7 Å². The minimum Gasteiger partial charge on any atom is -0.506 e. The Balaban J connectivity index is 1.98. The molecule has 0 bridgehead atoms. The second kappa shape index (κ2) is 6.20. The minimum absolute atomic E-state index is 0.120. The molecule has 2 aromatic rings. The Labute approximate surface area is 123 Å². The highest BCUT2D eigenvalue weighted by Gasteiger charge is 2.22. The van der Waals surface area contributed by atoms with Crippen LogP contribution in [-0.4, -0.2) is 21.7 Å². The molecule has 0 amide bonds. The van der Waals surface area contributed by atoms with Crippen LogP contribution in [0.25, 0.3) is 0 Å². The summed E-state index contributed by atoms with van der Waals surface area (Å²) in [6, 6.07) is 9.07. The van der Waals surface area contributed by atoms with Crippen LogP contribution >= 0.6 is 0 Å². The first-order chi connectivity index (χ1) is 9.88. The second-order valence-electron chi connectivity index (χ2n) is 5.30. The first-order valence-electron chi connectivity index (χ1n) is 6.73. The topological polar surface area (TPSA) is 65.4 Å². The van der Waals surface area contributed by atoms with E-state index < -0.39 is 5.60 Å². The molecule has 0 saturated heterocycles. The van der Waals surface area contributed by atoms with Gasteiger partial charge in [0.25, 0.3) is 0 Å². The zero-order chi connectivity index (χ0) is 15.5. The fourth-order valence-corrected chi connectivity index (χ4v) is 2.07. The van der Waals surface area contributed by atoms with Crippen LogP contribution in [0.3, 0.4) is 0 Å². The molecule has 0 aliphatic rings. The Hall–Kier alpha value is -1.98. The number of hydrogen-bond donors (Lipinski definition) is 3. The van der Waals surface area contributed by atoms with E-state index in [9.17, 15) is 14.6 Å². The zero-order valence-corrected chi connectivity index (χ0v) is 12.1. The van der Waals surface area contributed by atoms with Gasteiger partial charge in [0.1, 0.15) is 11.6 Å². The average molecular weight is 290 g/mol. The van der Waals surface area contributed by atoms with Crippen molar-refractivity contribution in [1.29, 1.82) is 0 Å². The van der Waals surface area contributed by atoms with Gasteiger partial charge in [0.15, 0.2) is 0 Å². The van der Waals surface area contributed by atoms with E-state index in [2.05, 4.69) is 10.3 Å². The number of aromatic nitrogens is 1. The van der Waals surface area contributed by atoms with Crippen molar-refractivity contribution in [1.82, 2.24) is 10.3 Å². The number of rotatable bonds is 5. The Morgan fingerprint density at radius 3 is 2.52 bits per heavy atom. The number of benzene rings is 1. The summed E-state index contributed by atoms with van der Waals surface area (Å²) >= 11 is 0. The fraction of sp³-hybridized carbons (Fsp3) is 0.312. The highest BCUT2D eigenvalue weighted by atomic mass is 19.1. The zero-order valence-electron chi connectivity index (χ0n) is 12.1. The summed E-state index contributed by atoms with van der Waals surface area (Å²) in [5, 5.41) is 23.2. The van der Waals surface area contributed by atoms with Crippen LogP contribution in [0, 0.1) is 12.7 Å². The number of aromatic hydroxyl groups is 1. The third kappa shape index (κ3) is 4.00. The number of aryl methyl sites for hydroxylation is 1. The molecule has 1 aromatic heterocycles. The van der Waals surface area contributed by atoms with Crippen molar-refractivity contribution in [3.05, 3.63) is 59.2 Å². The molecule has 0 spiro atoms. The molecule has 1 heterocycles. The lowest BCUT2D eigenvalue weighted by Crippen LogP contribution is -2.35. The lowest BCUT2D eigenvalue weighted by Gasteiger charge is -2.24. The maximum absolute atomic E-state index is 12.9. The van der Waals surface area contributed by atoms with E-state index in [-0.39, 0.29) is 18.1 Å². The quantitative estimate of drug-likeness (QED) is 0.790. The molecule has 4 nitrogen and oxygen atoms in total. The van der Waals surface area contributed by atoms with Crippen molar-refractivity contribution in [2.45, 2.75) is 26.0 Å². The molecule has 0 radical (unpaired) electrons. The maximum atomic E-state index is 12.9. The third-order valence-electron chi connectivity index (χ3n) is 3.32. The third-order valence-corrected chi connectivity index (χ3v) is 3.32. The van der Waals surface area contributed by atoms with E-state index in [0.717, 1.165) is 5.69 Å². The van der Waals surface area contributed by atoms with Gasteiger partial charge in [0, 0.05) is 18.8 Å². The van der Waals surface area contributed by atoms with Gasteiger partial charge in [-0.1, -0.05) is 12.1 Å². The summed E-state index contributed by atoms with van der Waals surface area (Å²) in [7, 11) is 0. The molecule has 21 heavy (non-hydrogen) atoms. The fourth-order valence-electron chi connectivity index (χ4n) is 2.07. The Morgan fingerprint density at radius 1 is 1.19 bits per heavy atom. The summed E-state index contributed by atoms with van der Waals surface area (Å²) in [6.45, 7) is 4.09. The number of pyridine rings is 1. The van der Waals surface area contributed by atoms with E-state index in [0.29, 0.717) is 17.8 Å². The average Bonchev–Trinajstić information content (AvgIpc) is 2.43. The van der Waals surface area contributed by atoms with Crippen LogP contribution in [-0.2, 0) is 12.1 Å². The Bertz CT molecular complexity index is 612. The largest absolute Gasteiger partial charge is 0.506 e. The molecule has 0 aliphatic carbocycles. The number of aliphatic hydroxyl groups is 1. The molecule has 0 fully saturated rings. The van der Waals surface area contributed by atoms with Crippen molar-refractivity contribution in [2.75, 3.05) is 6.54 Å². The SMILES string of the molecule is Cc1ccc(O)c(CNCC(C)(O)c2ccc(F)cc2)n1. The summed E-state index contributed by atoms with van der Waals surface area (Å²) in [6.07, 6.45) is 0. The van der Waals surface area contributed by atoms with Crippen LogP contribution < -0.4 is 5.32 Å². The Morgan fingerprint density at radius 2 is 1.86 bits per heavy atom. The van der Waals surface area contributed by atoms with E-state index in [1.54, 1.807) is 31.2 Å².